The summed E-state index contributed by atoms with van der Waals surface area (Å²) in [6.45, 7) is 0. The minimum absolute atomic E-state index is 0.0756. The van der Waals surface area contributed by atoms with Crippen molar-refractivity contribution in [2.75, 3.05) is 5.73 Å². The molecule has 0 fully saturated rings. The van der Waals surface area contributed by atoms with Gasteiger partial charge in [-0.3, -0.25) is 0 Å². The molecule has 0 radical (unpaired) electrons. The number of primary sulfonamides is 1. The van der Waals surface area contributed by atoms with Crippen LogP contribution in [0, 0.1) is 0 Å². The van der Waals surface area contributed by atoms with Gasteiger partial charge in [0.25, 0.3) is 0 Å². The summed E-state index contributed by atoms with van der Waals surface area (Å²) in [5.41, 5.74) is 5.56. The van der Waals surface area contributed by atoms with Crippen molar-refractivity contribution in [1.29, 1.82) is 0 Å². The first-order valence-electron chi connectivity index (χ1n) is 5.89. The SMILES string of the molecule is Nc1ccc(S(N)(=O)=O)cc1.O=C(O)c1cc(O)c(O)c(O)c1. The standard InChI is InChI=1S/C7H6O5.C6H8N2O2S/c8-4-1-3(7(11)12)2-5(9)6(4)10;7-5-1-3-6(4-2-5)11(8,9)10/h1-2,8-10H,(H,11,12);1-4H,7H2,(H2,8,9,10). The largest absolute Gasteiger partial charge is 0.504 e. The fraction of sp³-hybridized carbons (Fsp3) is 0. The van der Waals surface area contributed by atoms with Crippen molar-refractivity contribution in [3.05, 3.63) is 42.0 Å². The van der Waals surface area contributed by atoms with E-state index in [9.17, 15) is 13.2 Å². The fourth-order valence-corrected chi connectivity index (χ4v) is 1.90. The molecule has 0 unspecified atom stereocenters. The second-order valence-corrected chi connectivity index (χ2v) is 5.84. The van der Waals surface area contributed by atoms with E-state index >= 15 is 0 Å². The van der Waals surface area contributed by atoms with Crippen molar-refractivity contribution >= 4 is 21.7 Å². The molecule has 10 heteroatoms. The molecule has 0 spiro atoms. The number of aromatic carboxylic acids is 1. The molecule has 124 valence electrons. The van der Waals surface area contributed by atoms with E-state index in [-0.39, 0.29) is 10.5 Å². The number of rotatable bonds is 2. The average Bonchev–Trinajstić information content (AvgIpc) is 2.44. The first-order valence-corrected chi connectivity index (χ1v) is 7.43. The normalized spacial score (nSPS) is 10.5. The van der Waals surface area contributed by atoms with Crippen LogP contribution in [0.15, 0.2) is 41.3 Å². The summed E-state index contributed by atoms with van der Waals surface area (Å²) < 4.78 is 21.4. The topological polar surface area (TPSA) is 184 Å². The summed E-state index contributed by atoms with van der Waals surface area (Å²) in [4.78, 5) is 10.4. The van der Waals surface area contributed by atoms with Crippen molar-refractivity contribution in [2.45, 2.75) is 4.90 Å². The Morgan fingerprint density at radius 2 is 1.39 bits per heavy atom. The maximum atomic E-state index is 10.7. The molecule has 0 heterocycles. The number of carboxylic acids is 1. The molecule has 0 atom stereocenters. The third kappa shape index (κ3) is 5.05. The van der Waals surface area contributed by atoms with Gasteiger partial charge in [0.2, 0.25) is 10.0 Å². The molecule has 0 saturated heterocycles. The first kappa shape index (κ1) is 18.1. The Morgan fingerprint density at radius 3 is 1.74 bits per heavy atom. The maximum Gasteiger partial charge on any atom is 0.335 e. The fourth-order valence-electron chi connectivity index (χ4n) is 1.39. The molecule has 23 heavy (non-hydrogen) atoms. The van der Waals surface area contributed by atoms with E-state index in [1.165, 1.54) is 24.3 Å². The summed E-state index contributed by atoms with van der Waals surface area (Å²) in [5.74, 6) is -3.33. The van der Waals surface area contributed by atoms with Crippen LogP contribution in [0.25, 0.3) is 0 Å². The van der Waals surface area contributed by atoms with Crippen LogP contribution in [0.5, 0.6) is 17.2 Å². The molecular weight excluding hydrogens is 328 g/mol. The van der Waals surface area contributed by atoms with E-state index in [4.69, 9.17) is 31.3 Å². The molecular formula is C13H14N2O7S. The number of sulfonamides is 1. The second kappa shape index (κ2) is 6.85. The van der Waals surface area contributed by atoms with E-state index in [1.54, 1.807) is 0 Å². The zero-order valence-corrected chi connectivity index (χ0v) is 12.4. The number of nitrogen functional groups attached to an aromatic ring is 1. The number of carboxylic acid groups (broad SMARTS) is 1. The van der Waals surface area contributed by atoms with Gasteiger partial charge < -0.3 is 26.2 Å². The lowest BCUT2D eigenvalue weighted by Crippen LogP contribution is -2.11. The number of hydrogen-bond donors (Lipinski definition) is 6. The molecule has 8 N–H and O–H groups in total. The number of benzene rings is 2. The van der Waals surface area contributed by atoms with Gasteiger partial charge in [0.1, 0.15) is 0 Å². The Bertz CT molecular complexity index is 794. The highest BCUT2D eigenvalue weighted by Gasteiger charge is 2.11. The van der Waals surface area contributed by atoms with Gasteiger partial charge in [0, 0.05) is 5.69 Å². The number of carbonyl (C=O) groups is 1. The number of aromatic hydroxyl groups is 3. The predicted molar refractivity (Wildman–Crippen MR) is 80.6 cm³/mol. The maximum absolute atomic E-state index is 10.7. The molecule has 0 aliphatic heterocycles. The first-order chi connectivity index (χ1) is 10.5. The van der Waals surface area contributed by atoms with Crippen molar-refractivity contribution in [2.24, 2.45) is 5.14 Å². The summed E-state index contributed by atoms with van der Waals surface area (Å²) >= 11 is 0. The molecule has 2 rings (SSSR count). The molecule has 0 bridgehead atoms. The summed E-state index contributed by atoms with van der Waals surface area (Å²) in [7, 11) is -3.58. The Kier molecular flexibility index (Phi) is 5.38. The minimum Gasteiger partial charge on any atom is -0.504 e. The third-order valence-corrected chi connectivity index (χ3v) is 3.45. The average molecular weight is 342 g/mol. The Morgan fingerprint density at radius 1 is 0.957 bits per heavy atom. The summed E-state index contributed by atoms with van der Waals surface area (Å²) in [5, 5.41) is 39.8. The molecule has 0 amide bonds. The molecule has 9 nitrogen and oxygen atoms in total. The van der Waals surface area contributed by atoms with Crippen LogP contribution < -0.4 is 10.9 Å². The Hall–Kier alpha value is -2.98. The quantitative estimate of drug-likeness (QED) is 0.335. The van der Waals surface area contributed by atoms with E-state index in [0.29, 0.717) is 5.69 Å². The Labute approximate surface area is 131 Å². The van der Waals surface area contributed by atoms with Crippen LogP contribution in [-0.2, 0) is 10.0 Å². The zero-order chi connectivity index (χ0) is 17.8. The van der Waals surface area contributed by atoms with E-state index < -0.39 is 33.2 Å². The van der Waals surface area contributed by atoms with E-state index in [2.05, 4.69) is 0 Å². The highest BCUT2D eigenvalue weighted by molar-refractivity contribution is 7.89. The molecule has 0 saturated carbocycles. The van der Waals surface area contributed by atoms with Gasteiger partial charge >= 0.3 is 5.97 Å². The van der Waals surface area contributed by atoms with Crippen molar-refractivity contribution in [3.63, 3.8) is 0 Å². The monoisotopic (exact) mass is 342 g/mol. The lowest BCUT2D eigenvalue weighted by molar-refractivity contribution is 0.0696. The highest BCUT2D eigenvalue weighted by Crippen LogP contribution is 2.35. The van der Waals surface area contributed by atoms with E-state index in [0.717, 1.165) is 12.1 Å². The van der Waals surface area contributed by atoms with Crippen LogP contribution in [-0.4, -0.2) is 34.8 Å². The number of phenolic OH excluding ortho intramolecular Hbond substituents is 3. The lowest BCUT2D eigenvalue weighted by Gasteiger charge is -2.01. The van der Waals surface area contributed by atoms with Crippen LogP contribution in [0.1, 0.15) is 10.4 Å². The van der Waals surface area contributed by atoms with Crippen LogP contribution in [0.3, 0.4) is 0 Å². The number of phenols is 3. The third-order valence-electron chi connectivity index (χ3n) is 2.53. The zero-order valence-electron chi connectivity index (χ0n) is 11.5. The van der Waals surface area contributed by atoms with Gasteiger partial charge in [-0.2, -0.15) is 0 Å². The van der Waals surface area contributed by atoms with Crippen molar-refractivity contribution < 1.29 is 33.6 Å². The van der Waals surface area contributed by atoms with E-state index in [1.807, 2.05) is 0 Å². The Balaban J connectivity index is 0.000000231. The van der Waals surface area contributed by atoms with Crippen molar-refractivity contribution in [1.82, 2.24) is 0 Å². The van der Waals surface area contributed by atoms with Gasteiger partial charge in [-0.15, -0.1) is 0 Å². The summed E-state index contributed by atoms with van der Waals surface area (Å²) in [6.07, 6.45) is 0. The second-order valence-electron chi connectivity index (χ2n) is 4.28. The number of anilines is 1. The summed E-state index contributed by atoms with van der Waals surface area (Å²) in [6, 6.07) is 7.39. The van der Waals surface area contributed by atoms with Crippen LogP contribution in [0.4, 0.5) is 5.69 Å². The molecule has 0 aromatic heterocycles. The molecule has 2 aromatic carbocycles. The lowest BCUT2D eigenvalue weighted by atomic mass is 10.2. The molecule has 0 aliphatic rings. The van der Waals surface area contributed by atoms with Gasteiger partial charge in [-0.25, -0.2) is 18.4 Å². The van der Waals surface area contributed by atoms with Gasteiger partial charge in [-0.05, 0) is 36.4 Å². The number of hydrogen-bond acceptors (Lipinski definition) is 7. The smallest absolute Gasteiger partial charge is 0.335 e. The van der Waals surface area contributed by atoms with Gasteiger partial charge in [0.15, 0.2) is 17.2 Å². The van der Waals surface area contributed by atoms with Crippen LogP contribution >= 0.6 is 0 Å². The van der Waals surface area contributed by atoms with Gasteiger partial charge in [0.05, 0.1) is 10.5 Å². The highest BCUT2D eigenvalue weighted by atomic mass is 32.2. The number of nitrogens with two attached hydrogens (primary N) is 2. The van der Waals surface area contributed by atoms with Crippen molar-refractivity contribution in [3.8, 4) is 17.2 Å². The molecule has 0 aliphatic carbocycles. The minimum atomic E-state index is -3.58. The predicted octanol–water partition coefficient (Wildman–Crippen LogP) is 0.418. The van der Waals surface area contributed by atoms with Crippen LogP contribution in [0.2, 0.25) is 0 Å². The molecule has 2 aromatic rings. The van der Waals surface area contributed by atoms with Gasteiger partial charge in [-0.1, -0.05) is 0 Å².